The number of amides is 4. The fourth-order valence-electron chi connectivity index (χ4n) is 3.88. The molecule has 2 aromatic rings. The Kier molecular flexibility index (Phi) is 9.80. The van der Waals surface area contributed by atoms with Crippen LogP contribution in [-0.4, -0.2) is 66.2 Å². The lowest BCUT2D eigenvalue weighted by molar-refractivity contribution is -0.139. The van der Waals surface area contributed by atoms with Crippen molar-refractivity contribution in [1.29, 1.82) is 0 Å². The highest BCUT2D eigenvalue weighted by Crippen LogP contribution is 2.33. The minimum absolute atomic E-state index is 0.217. The van der Waals surface area contributed by atoms with E-state index in [0.717, 1.165) is 4.90 Å². The predicted octanol–water partition coefficient (Wildman–Crippen LogP) is 2.05. The summed E-state index contributed by atoms with van der Waals surface area (Å²) in [5.41, 5.74) is 1.12. The SMILES string of the molecule is CC(=O)N1C[C@H](NC(=O)/C=C/c2ccc(Cl)c(Cl)c2)C(=O)N(CC(=O)N[C@H](C=O)CC(=O)O)c2ccccc21. The van der Waals surface area contributed by atoms with E-state index in [1.54, 1.807) is 36.4 Å². The van der Waals surface area contributed by atoms with Gasteiger partial charge in [-0.1, -0.05) is 41.4 Å². The molecule has 11 nitrogen and oxygen atoms in total. The molecule has 4 amide bonds. The van der Waals surface area contributed by atoms with Crippen molar-refractivity contribution in [1.82, 2.24) is 10.6 Å². The highest BCUT2D eigenvalue weighted by Gasteiger charge is 2.36. The summed E-state index contributed by atoms with van der Waals surface area (Å²) in [6, 6.07) is 8.56. The lowest BCUT2D eigenvalue weighted by atomic mass is 10.2. The van der Waals surface area contributed by atoms with Gasteiger partial charge in [0.1, 0.15) is 18.9 Å². The molecule has 0 radical (unpaired) electrons. The molecule has 3 N–H and O–H groups in total. The number of halogens is 2. The van der Waals surface area contributed by atoms with E-state index in [-0.39, 0.29) is 18.5 Å². The van der Waals surface area contributed by atoms with Crippen LogP contribution in [0.3, 0.4) is 0 Å². The Morgan fingerprint density at radius 2 is 1.79 bits per heavy atom. The molecule has 204 valence electrons. The molecule has 39 heavy (non-hydrogen) atoms. The third-order valence-electron chi connectivity index (χ3n) is 5.67. The maximum absolute atomic E-state index is 13.6. The number of carbonyl (C=O) groups is 6. The monoisotopic (exact) mass is 574 g/mol. The van der Waals surface area contributed by atoms with Gasteiger partial charge in [-0.3, -0.25) is 28.9 Å². The van der Waals surface area contributed by atoms with Crippen molar-refractivity contribution in [3.05, 3.63) is 64.1 Å². The average molecular weight is 575 g/mol. The largest absolute Gasteiger partial charge is 0.481 e. The van der Waals surface area contributed by atoms with Crippen LogP contribution in [-0.2, 0) is 28.8 Å². The predicted molar refractivity (Wildman–Crippen MR) is 144 cm³/mol. The average Bonchev–Trinajstić information content (AvgIpc) is 2.99. The third kappa shape index (κ3) is 7.65. The third-order valence-corrected chi connectivity index (χ3v) is 6.41. The van der Waals surface area contributed by atoms with Crippen LogP contribution in [0.15, 0.2) is 48.5 Å². The zero-order valence-electron chi connectivity index (χ0n) is 20.6. The topological polar surface area (TPSA) is 153 Å². The van der Waals surface area contributed by atoms with Gasteiger partial charge in [-0.05, 0) is 35.9 Å². The van der Waals surface area contributed by atoms with Crippen molar-refractivity contribution in [3.63, 3.8) is 0 Å². The molecular formula is C26H24Cl2N4O7. The first-order chi connectivity index (χ1) is 18.5. The minimum atomic E-state index is -1.30. The molecular weight excluding hydrogens is 551 g/mol. The van der Waals surface area contributed by atoms with Gasteiger partial charge in [0.2, 0.25) is 17.7 Å². The molecule has 1 heterocycles. The van der Waals surface area contributed by atoms with E-state index in [0.29, 0.717) is 21.3 Å². The zero-order valence-corrected chi connectivity index (χ0v) is 22.1. The number of benzene rings is 2. The van der Waals surface area contributed by atoms with Crippen LogP contribution in [0.1, 0.15) is 18.9 Å². The molecule has 0 spiro atoms. The Morgan fingerprint density at radius 1 is 1.10 bits per heavy atom. The highest BCUT2D eigenvalue weighted by atomic mass is 35.5. The number of anilines is 2. The van der Waals surface area contributed by atoms with Crippen molar-refractivity contribution in [2.45, 2.75) is 25.4 Å². The first-order valence-electron chi connectivity index (χ1n) is 11.6. The molecule has 0 fully saturated rings. The van der Waals surface area contributed by atoms with E-state index in [1.165, 1.54) is 30.0 Å². The zero-order chi connectivity index (χ0) is 28.7. The molecule has 0 aliphatic carbocycles. The lowest BCUT2D eigenvalue weighted by Crippen LogP contribution is -2.54. The second-order valence-corrected chi connectivity index (χ2v) is 9.33. The van der Waals surface area contributed by atoms with Gasteiger partial charge in [0.05, 0.1) is 40.4 Å². The molecule has 0 aromatic heterocycles. The highest BCUT2D eigenvalue weighted by molar-refractivity contribution is 6.42. The van der Waals surface area contributed by atoms with Crippen molar-refractivity contribution in [2.24, 2.45) is 0 Å². The van der Waals surface area contributed by atoms with Gasteiger partial charge in [0.25, 0.3) is 5.91 Å². The molecule has 1 aliphatic rings. The van der Waals surface area contributed by atoms with Gasteiger partial charge >= 0.3 is 5.97 Å². The summed E-state index contributed by atoms with van der Waals surface area (Å²) in [6.45, 7) is 0.482. The Labute approximate surface area is 233 Å². The molecule has 13 heteroatoms. The Morgan fingerprint density at radius 3 is 2.41 bits per heavy atom. The van der Waals surface area contributed by atoms with Crippen molar-refractivity contribution >= 4 is 76.5 Å². The van der Waals surface area contributed by atoms with Gasteiger partial charge in [0, 0.05) is 13.0 Å². The standard InChI is InChI=1S/C26H24Cl2N4O7/c1-15(34)31-12-20(30-23(35)9-7-16-6-8-18(27)19(28)10-16)26(39)32(22-5-3-2-4-21(22)31)13-24(36)29-17(14-33)11-25(37)38/h2-10,14,17,20H,11-13H2,1H3,(H,29,36)(H,30,35)(H,37,38)/b9-7+/t17-,20-/m0/s1. The second-order valence-electron chi connectivity index (χ2n) is 8.52. The number of nitrogens with zero attached hydrogens (tertiary/aromatic N) is 2. The van der Waals surface area contributed by atoms with Crippen LogP contribution in [0.2, 0.25) is 10.0 Å². The molecule has 0 saturated carbocycles. The van der Waals surface area contributed by atoms with Crippen molar-refractivity contribution < 1.29 is 33.9 Å². The molecule has 1 aliphatic heterocycles. The second kappa shape index (κ2) is 13.0. The summed E-state index contributed by atoms with van der Waals surface area (Å²) in [5, 5.41) is 14.4. The number of carboxylic acids is 1. The first kappa shape index (κ1) is 29.3. The van der Waals surface area contributed by atoms with Crippen LogP contribution in [0.25, 0.3) is 6.08 Å². The fraction of sp³-hybridized carbons (Fsp3) is 0.231. The summed E-state index contributed by atoms with van der Waals surface area (Å²) in [6.07, 6.45) is 2.29. The van der Waals surface area contributed by atoms with Gasteiger partial charge in [-0.15, -0.1) is 0 Å². The summed E-state index contributed by atoms with van der Waals surface area (Å²) in [7, 11) is 0. The number of carboxylic acid groups (broad SMARTS) is 1. The van der Waals surface area contributed by atoms with E-state index in [9.17, 15) is 28.8 Å². The van der Waals surface area contributed by atoms with Gasteiger partial charge in [-0.2, -0.15) is 0 Å². The molecule has 0 unspecified atom stereocenters. The quantitative estimate of drug-likeness (QED) is 0.306. The maximum atomic E-state index is 13.6. The van der Waals surface area contributed by atoms with E-state index in [2.05, 4.69) is 10.6 Å². The number of hydrogen-bond acceptors (Lipinski definition) is 6. The lowest BCUT2D eigenvalue weighted by Gasteiger charge is -2.25. The maximum Gasteiger partial charge on any atom is 0.305 e. The van der Waals surface area contributed by atoms with Gasteiger partial charge in [-0.25, -0.2) is 0 Å². The summed E-state index contributed by atoms with van der Waals surface area (Å²) < 4.78 is 0. The Balaban J connectivity index is 1.88. The smallest absolute Gasteiger partial charge is 0.305 e. The molecule has 0 saturated heterocycles. The van der Waals surface area contributed by atoms with E-state index in [1.807, 2.05) is 0 Å². The summed E-state index contributed by atoms with van der Waals surface area (Å²) >= 11 is 11.9. The fourth-order valence-corrected chi connectivity index (χ4v) is 4.19. The molecule has 2 aromatic carbocycles. The molecule has 0 bridgehead atoms. The number of aliphatic carboxylic acids is 1. The molecule has 3 rings (SSSR count). The normalized spacial score (nSPS) is 15.8. The Bertz CT molecular complexity index is 1350. The van der Waals surface area contributed by atoms with E-state index >= 15 is 0 Å². The number of nitrogens with one attached hydrogen (secondary N) is 2. The summed E-state index contributed by atoms with van der Waals surface area (Å²) in [4.78, 5) is 76.1. The van der Waals surface area contributed by atoms with Crippen molar-refractivity contribution in [2.75, 3.05) is 22.9 Å². The Hall–Kier alpha value is -4.22. The van der Waals surface area contributed by atoms with E-state index < -0.39 is 54.6 Å². The molecule has 2 atom stereocenters. The summed E-state index contributed by atoms with van der Waals surface area (Å²) in [5.74, 6) is -3.86. The number of hydrogen-bond donors (Lipinski definition) is 3. The van der Waals surface area contributed by atoms with Gasteiger partial charge < -0.3 is 25.4 Å². The van der Waals surface area contributed by atoms with Crippen LogP contribution in [0.5, 0.6) is 0 Å². The number of carbonyl (C=O) groups excluding carboxylic acids is 5. The van der Waals surface area contributed by atoms with Crippen molar-refractivity contribution in [3.8, 4) is 0 Å². The number of para-hydroxylation sites is 2. The number of fused-ring (bicyclic) bond motifs is 1. The van der Waals surface area contributed by atoms with Crippen LogP contribution < -0.4 is 20.4 Å². The van der Waals surface area contributed by atoms with Crippen LogP contribution >= 0.6 is 23.2 Å². The van der Waals surface area contributed by atoms with Gasteiger partial charge in [0.15, 0.2) is 0 Å². The van der Waals surface area contributed by atoms with Crippen LogP contribution in [0.4, 0.5) is 11.4 Å². The minimum Gasteiger partial charge on any atom is -0.481 e. The first-order valence-corrected chi connectivity index (χ1v) is 12.3. The van der Waals surface area contributed by atoms with Crippen LogP contribution in [0, 0.1) is 0 Å². The number of rotatable bonds is 9. The number of aldehydes is 1. The van der Waals surface area contributed by atoms with E-state index in [4.69, 9.17) is 28.3 Å².